The van der Waals surface area contributed by atoms with Crippen molar-refractivity contribution in [3.05, 3.63) is 88.1 Å². The van der Waals surface area contributed by atoms with Crippen molar-refractivity contribution in [2.24, 2.45) is 11.8 Å². The SMILES string of the molecule is COCc1ccc(C2Oc3cc(-c4cnc([C@@H]5CCCN5C(=O)[C@@H](NC(=O)OC)C(C)C)[nH]4)cc(F)c3-c3cc4cc(-c5cnc([C@@H]6CCCN6C(=O)[C@@H](NC(=O)OC)[C@@H]6C[C@@H](C)O[C@@H](C)C6)[nH]5)ccc4n32)s1. The predicted octanol–water partition coefficient (Wildman–Crippen LogP) is 9.01. The second-order valence-electron chi connectivity index (χ2n) is 19.9. The summed E-state index contributed by atoms with van der Waals surface area (Å²) in [7, 11) is 4.22. The van der Waals surface area contributed by atoms with Crippen molar-refractivity contribution in [3.63, 3.8) is 0 Å². The van der Waals surface area contributed by atoms with E-state index in [9.17, 15) is 19.2 Å². The van der Waals surface area contributed by atoms with E-state index in [2.05, 4.69) is 20.6 Å². The fourth-order valence-corrected chi connectivity index (χ4v) is 12.3. The van der Waals surface area contributed by atoms with Crippen LogP contribution in [0.2, 0.25) is 0 Å². The Morgan fingerprint density at radius 3 is 2.11 bits per heavy atom. The number of likely N-dealkylation sites (tertiary alicyclic amines) is 2. The highest BCUT2D eigenvalue weighted by atomic mass is 32.1. The zero-order valence-corrected chi connectivity index (χ0v) is 42.8. The molecular weight excluding hydrogens is 958 g/mol. The number of benzene rings is 2. The number of fused-ring (bicyclic) bond motifs is 5. The summed E-state index contributed by atoms with van der Waals surface area (Å²) in [6.07, 6.45) is 5.51. The van der Waals surface area contributed by atoms with Gasteiger partial charge in [0.2, 0.25) is 18.0 Å². The standard InChI is InChI=1S/C53H62FN9O9S/c1-27(2)45(59-52(66)69-6)49(64)61-16-8-10-39(61)48-56-25-37(58-48)31-21-35(54)44-41-22-32-20-30(12-14-38(32)63(41)51(72-42(44)23-31)43-15-13-34(73-43)26-68-5)36-24-55-47(57-36)40-11-9-17-62(40)50(65)46(60-53(67)70-7)33-18-28(3)71-29(4)19-33/h12-15,20-25,27-29,33,39-40,45-46,51H,8-11,16-19,26H2,1-7H3,(H,55,57)(H,56,58)(H,59,66)(H,60,67)/t28-,29+,33-,39-,40-,45-,46-,51?/m0/s1. The van der Waals surface area contributed by atoms with E-state index in [1.807, 2.05) is 79.6 Å². The van der Waals surface area contributed by atoms with Gasteiger partial charge in [0, 0.05) is 41.6 Å². The number of H-pyrrole nitrogens is 2. The molecule has 8 atom stereocenters. The number of alkyl carbamates (subject to hydrolysis) is 2. The molecule has 73 heavy (non-hydrogen) atoms. The number of nitrogens with zero attached hydrogens (tertiary/aromatic N) is 5. The number of carbonyl (C=O) groups is 4. The molecule has 6 aromatic rings. The van der Waals surface area contributed by atoms with E-state index in [-0.39, 0.29) is 47.9 Å². The van der Waals surface area contributed by atoms with Gasteiger partial charge in [0.05, 0.1) is 90.6 Å². The molecule has 0 bridgehead atoms. The van der Waals surface area contributed by atoms with Crippen molar-refractivity contribution < 1.29 is 47.3 Å². The summed E-state index contributed by atoms with van der Waals surface area (Å²) in [6.45, 7) is 9.17. The molecule has 0 spiro atoms. The van der Waals surface area contributed by atoms with Gasteiger partial charge in [0.1, 0.15) is 35.3 Å². The number of imidazole rings is 2. The Morgan fingerprint density at radius 2 is 1.47 bits per heavy atom. The number of carbonyl (C=O) groups excluding carboxylic acids is 4. The van der Waals surface area contributed by atoms with E-state index in [0.717, 1.165) is 44.8 Å². The van der Waals surface area contributed by atoms with Gasteiger partial charge in [-0.05, 0) is 107 Å². The molecule has 4 aliphatic heterocycles. The Bertz CT molecular complexity index is 3030. The lowest BCUT2D eigenvalue weighted by atomic mass is 9.85. The second kappa shape index (κ2) is 20.6. The zero-order chi connectivity index (χ0) is 51.2. The van der Waals surface area contributed by atoms with Crippen LogP contribution in [0.4, 0.5) is 14.0 Å². The number of aromatic nitrogens is 5. The van der Waals surface area contributed by atoms with Crippen molar-refractivity contribution in [1.29, 1.82) is 0 Å². The van der Waals surface area contributed by atoms with Gasteiger partial charge in [-0.3, -0.25) is 14.2 Å². The number of methoxy groups -OCH3 is 3. The highest BCUT2D eigenvalue weighted by Gasteiger charge is 2.43. The number of aromatic amines is 2. The first-order chi connectivity index (χ1) is 35.2. The monoisotopic (exact) mass is 1020 g/mol. The highest BCUT2D eigenvalue weighted by molar-refractivity contribution is 7.12. The lowest BCUT2D eigenvalue weighted by Crippen LogP contribution is -2.54. The molecule has 2 aromatic carbocycles. The number of ether oxygens (including phenoxy) is 5. The van der Waals surface area contributed by atoms with Crippen molar-refractivity contribution in [3.8, 4) is 39.5 Å². The summed E-state index contributed by atoms with van der Waals surface area (Å²) in [5.41, 5.74) is 4.48. The average Bonchev–Trinajstić information content (AvgIpc) is 4.24. The van der Waals surface area contributed by atoms with Gasteiger partial charge < -0.3 is 54.1 Å². The molecule has 10 rings (SSSR count). The zero-order valence-electron chi connectivity index (χ0n) is 42.0. The van der Waals surface area contributed by atoms with Crippen LogP contribution in [0.1, 0.15) is 106 Å². The van der Waals surface area contributed by atoms with E-state index in [1.165, 1.54) is 20.3 Å². The van der Waals surface area contributed by atoms with Crippen molar-refractivity contribution in [2.75, 3.05) is 34.4 Å². The average molecular weight is 1020 g/mol. The Balaban J connectivity index is 0.950. The van der Waals surface area contributed by atoms with Crippen LogP contribution in [0.25, 0.3) is 44.7 Å². The van der Waals surface area contributed by atoms with Crippen LogP contribution in [0.15, 0.2) is 60.9 Å². The molecule has 4 aliphatic rings. The molecule has 0 radical (unpaired) electrons. The largest absolute Gasteiger partial charge is 0.464 e. The third-order valence-electron chi connectivity index (χ3n) is 14.7. The summed E-state index contributed by atoms with van der Waals surface area (Å²) in [4.78, 5) is 74.9. The van der Waals surface area contributed by atoms with Crippen molar-refractivity contribution >= 4 is 46.2 Å². The number of hydrogen-bond donors (Lipinski definition) is 4. The normalized spacial score (nSPS) is 22.4. The van der Waals surface area contributed by atoms with Crippen LogP contribution in [-0.4, -0.2) is 117 Å². The lowest BCUT2D eigenvalue weighted by Gasteiger charge is -2.38. The first-order valence-electron chi connectivity index (χ1n) is 25.0. The summed E-state index contributed by atoms with van der Waals surface area (Å²) in [5, 5.41) is 6.40. The minimum Gasteiger partial charge on any atom is -0.464 e. The Hall–Kier alpha value is -6.77. The maximum atomic E-state index is 17.0. The maximum absolute atomic E-state index is 17.0. The first kappa shape index (κ1) is 49.8. The number of halogens is 1. The van der Waals surface area contributed by atoms with Crippen LogP contribution in [-0.2, 0) is 35.1 Å². The number of rotatable bonds is 13. The fraction of sp³-hybridized carbons (Fsp3) is 0.472. The Labute approximate surface area is 426 Å². The summed E-state index contributed by atoms with van der Waals surface area (Å²) in [5.74, 6) is 0.393. The highest BCUT2D eigenvalue weighted by Crippen LogP contribution is 2.48. The summed E-state index contributed by atoms with van der Waals surface area (Å²) >= 11 is 1.56. The van der Waals surface area contributed by atoms with E-state index < -0.39 is 36.3 Å². The van der Waals surface area contributed by atoms with Crippen LogP contribution in [0, 0.1) is 17.7 Å². The minimum atomic E-state index is -0.780. The number of hydrogen-bond acceptors (Lipinski definition) is 12. The molecule has 18 nitrogen and oxygen atoms in total. The van der Waals surface area contributed by atoms with Crippen LogP contribution < -0.4 is 15.4 Å². The molecule has 4 amide bonds. The van der Waals surface area contributed by atoms with Gasteiger partial charge in [-0.25, -0.2) is 23.9 Å². The molecule has 0 saturated carbocycles. The minimum absolute atomic E-state index is 0.0552. The fourth-order valence-electron chi connectivity index (χ4n) is 11.3. The first-order valence-corrected chi connectivity index (χ1v) is 25.8. The van der Waals surface area contributed by atoms with Gasteiger partial charge in [-0.1, -0.05) is 19.9 Å². The number of thiophene rings is 1. The van der Waals surface area contributed by atoms with Gasteiger partial charge in [-0.2, -0.15) is 0 Å². The molecule has 1 unspecified atom stereocenters. The summed E-state index contributed by atoms with van der Waals surface area (Å²) in [6, 6.07) is 13.1. The van der Waals surface area contributed by atoms with E-state index in [0.29, 0.717) is 85.3 Å². The van der Waals surface area contributed by atoms with Crippen molar-refractivity contribution in [1.82, 2.24) is 44.9 Å². The predicted molar refractivity (Wildman–Crippen MR) is 270 cm³/mol. The third-order valence-corrected chi connectivity index (χ3v) is 15.8. The smallest absolute Gasteiger partial charge is 0.407 e. The van der Waals surface area contributed by atoms with Gasteiger partial charge in [-0.15, -0.1) is 11.3 Å². The summed E-state index contributed by atoms with van der Waals surface area (Å²) < 4.78 is 47.1. The molecule has 4 N–H and O–H groups in total. The van der Waals surface area contributed by atoms with Gasteiger partial charge in [0.25, 0.3) is 0 Å². The lowest BCUT2D eigenvalue weighted by molar-refractivity contribution is -0.138. The quantitative estimate of drug-likeness (QED) is 0.0859. The molecule has 0 aliphatic carbocycles. The second-order valence-corrected chi connectivity index (χ2v) is 21.1. The molecule has 386 valence electrons. The molecule has 3 fully saturated rings. The van der Waals surface area contributed by atoms with Crippen LogP contribution >= 0.6 is 11.3 Å². The van der Waals surface area contributed by atoms with E-state index in [4.69, 9.17) is 33.7 Å². The molecular formula is C53H62FN9O9S. The maximum Gasteiger partial charge on any atom is 0.407 e. The Kier molecular flexibility index (Phi) is 14.1. The number of nitrogens with one attached hydrogen (secondary N) is 4. The molecule has 20 heteroatoms. The third kappa shape index (κ3) is 9.67. The molecule has 4 aromatic heterocycles. The van der Waals surface area contributed by atoms with E-state index >= 15 is 4.39 Å². The number of amides is 4. The van der Waals surface area contributed by atoms with Crippen LogP contribution in [0.5, 0.6) is 5.75 Å². The van der Waals surface area contributed by atoms with Gasteiger partial charge in [0.15, 0.2) is 0 Å². The molecule has 8 heterocycles. The van der Waals surface area contributed by atoms with Gasteiger partial charge >= 0.3 is 12.2 Å². The topological polar surface area (TPSA) is 207 Å². The van der Waals surface area contributed by atoms with Crippen LogP contribution in [0.3, 0.4) is 0 Å². The Morgan fingerprint density at radius 1 is 0.822 bits per heavy atom. The van der Waals surface area contributed by atoms with E-state index in [1.54, 1.807) is 35.7 Å². The molecule has 3 saturated heterocycles. The van der Waals surface area contributed by atoms with Crippen molar-refractivity contribution in [2.45, 2.75) is 115 Å².